The lowest BCUT2D eigenvalue weighted by Crippen LogP contribution is -2.31. The lowest BCUT2D eigenvalue weighted by atomic mass is 10.1. The third-order valence-electron chi connectivity index (χ3n) is 2.90. The van der Waals surface area contributed by atoms with Crippen LogP contribution in [0.3, 0.4) is 0 Å². The van der Waals surface area contributed by atoms with Crippen molar-refractivity contribution in [2.24, 2.45) is 0 Å². The molecule has 0 heterocycles. The van der Waals surface area contributed by atoms with Gasteiger partial charge in [0.1, 0.15) is 5.75 Å². The average Bonchev–Trinajstić information content (AvgIpc) is 2.44. The van der Waals surface area contributed by atoms with E-state index in [0.29, 0.717) is 13.0 Å². The van der Waals surface area contributed by atoms with Crippen LogP contribution in [0.4, 0.5) is 0 Å². The molecule has 0 aliphatic carbocycles. The van der Waals surface area contributed by atoms with Crippen molar-refractivity contribution in [1.82, 2.24) is 10.6 Å². The minimum Gasteiger partial charge on any atom is -0.497 e. The molecular weight excluding hydrogens is 240 g/mol. The molecule has 1 rings (SSSR count). The molecule has 0 radical (unpaired) electrons. The fraction of sp³-hybridized carbons (Fsp3) is 0.533. The van der Waals surface area contributed by atoms with Gasteiger partial charge >= 0.3 is 0 Å². The first-order valence-corrected chi connectivity index (χ1v) is 6.86. The standard InChI is InChI=1S/C15H24N2O2/c1-3-16-11-12-17-15(18)6-4-5-13-7-9-14(19-2)10-8-13/h7-10,16H,3-6,11-12H2,1-2H3,(H,17,18). The number of nitrogens with one attached hydrogen (secondary N) is 2. The van der Waals surface area contributed by atoms with Gasteiger partial charge in [-0.05, 0) is 37.1 Å². The van der Waals surface area contributed by atoms with E-state index in [-0.39, 0.29) is 5.91 Å². The summed E-state index contributed by atoms with van der Waals surface area (Å²) in [5, 5.41) is 6.07. The van der Waals surface area contributed by atoms with E-state index in [2.05, 4.69) is 17.6 Å². The van der Waals surface area contributed by atoms with Gasteiger partial charge in [-0.25, -0.2) is 0 Å². The van der Waals surface area contributed by atoms with Crippen LogP contribution < -0.4 is 15.4 Å². The Morgan fingerprint density at radius 3 is 2.58 bits per heavy atom. The van der Waals surface area contributed by atoms with Gasteiger partial charge in [-0.1, -0.05) is 19.1 Å². The zero-order valence-electron chi connectivity index (χ0n) is 11.9. The van der Waals surface area contributed by atoms with Crippen molar-refractivity contribution in [1.29, 1.82) is 0 Å². The number of carbonyl (C=O) groups excluding carboxylic acids is 1. The summed E-state index contributed by atoms with van der Waals surface area (Å²) < 4.78 is 5.11. The number of rotatable bonds is 9. The fourth-order valence-electron chi connectivity index (χ4n) is 1.80. The predicted molar refractivity (Wildman–Crippen MR) is 77.5 cm³/mol. The second-order valence-corrected chi connectivity index (χ2v) is 4.41. The monoisotopic (exact) mass is 264 g/mol. The maximum Gasteiger partial charge on any atom is 0.220 e. The summed E-state index contributed by atoms with van der Waals surface area (Å²) in [6, 6.07) is 7.99. The Hall–Kier alpha value is -1.55. The zero-order valence-corrected chi connectivity index (χ0v) is 11.9. The minimum atomic E-state index is 0.131. The second-order valence-electron chi connectivity index (χ2n) is 4.41. The second kappa shape index (κ2) is 9.39. The number of carbonyl (C=O) groups is 1. The Morgan fingerprint density at radius 1 is 1.21 bits per heavy atom. The number of amides is 1. The van der Waals surface area contributed by atoms with Crippen molar-refractivity contribution < 1.29 is 9.53 Å². The maximum absolute atomic E-state index is 11.5. The third-order valence-corrected chi connectivity index (χ3v) is 2.90. The van der Waals surface area contributed by atoms with E-state index in [0.717, 1.165) is 31.7 Å². The van der Waals surface area contributed by atoms with Gasteiger partial charge in [0.2, 0.25) is 5.91 Å². The van der Waals surface area contributed by atoms with Gasteiger partial charge in [0, 0.05) is 19.5 Å². The number of hydrogen-bond donors (Lipinski definition) is 2. The Labute approximate surface area is 115 Å². The van der Waals surface area contributed by atoms with E-state index in [9.17, 15) is 4.79 Å². The predicted octanol–water partition coefficient (Wildman–Crippen LogP) is 1.74. The third kappa shape index (κ3) is 6.82. The van der Waals surface area contributed by atoms with Crippen molar-refractivity contribution >= 4 is 5.91 Å². The molecule has 1 aromatic rings. The summed E-state index contributed by atoms with van der Waals surface area (Å²) in [7, 11) is 1.66. The zero-order chi connectivity index (χ0) is 13.9. The molecule has 4 heteroatoms. The van der Waals surface area contributed by atoms with Crippen molar-refractivity contribution in [2.45, 2.75) is 26.2 Å². The van der Waals surface area contributed by atoms with Crippen LogP contribution in [0.25, 0.3) is 0 Å². The van der Waals surface area contributed by atoms with Crippen molar-refractivity contribution in [3.8, 4) is 5.75 Å². The lowest BCUT2D eigenvalue weighted by molar-refractivity contribution is -0.121. The molecule has 0 aliphatic heterocycles. The minimum absolute atomic E-state index is 0.131. The van der Waals surface area contributed by atoms with Crippen LogP contribution in [0.1, 0.15) is 25.3 Å². The van der Waals surface area contributed by atoms with E-state index in [4.69, 9.17) is 4.74 Å². The van der Waals surface area contributed by atoms with Gasteiger partial charge in [-0.2, -0.15) is 0 Å². The van der Waals surface area contributed by atoms with E-state index >= 15 is 0 Å². The Morgan fingerprint density at radius 2 is 1.95 bits per heavy atom. The number of methoxy groups -OCH3 is 1. The number of likely N-dealkylation sites (N-methyl/N-ethyl adjacent to an activating group) is 1. The highest BCUT2D eigenvalue weighted by molar-refractivity contribution is 5.75. The van der Waals surface area contributed by atoms with Gasteiger partial charge in [0.25, 0.3) is 0 Å². The van der Waals surface area contributed by atoms with Crippen molar-refractivity contribution in [3.05, 3.63) is 29.8 Å². The molecule has 106 valence electrons. The maximum atomic E-state index is 11.5. The summed E-state index contributed by atoms with van der Waals surface area (Å²) in [6.45, 7) is 4.53. The summed E-state index contributed by atoms with van der Waals surface area (Å²) in [5.74, 6) is 0.997. The Kier molecular flexibility index (Phi) is 7.66. The average molecular weight is 264 g/mol. The first-order chi connectivity index (χ1) is 9.26. The highest BCUT2D eigenvalue weighted by Gasteiger charge is 2.01. The van der Waals surface area contributed by atoms with E-state index < -0.39 is 0 Å². The molecule has 0 bridgehead atoms. The van der Waals surface area contributed by atoms with Crippen LogP contribution in [0.15, 0.2) is 24.3 Å². The first-order valence-electron chi connectivity index (χ1n) is 6.86. The van der Waals surface area contributed by atoms with E-state index in [1.54, 1.807) is 7.11 Å². The van der Waals surface area contributed by atoms with Crippen molar-refractivity contribution in [2.75, 3.05) is 26.7 Å². The van der Waals surface area contributed by atoms with Crippen LogP contribution in [0.2, 0.25) is 0 Å². The highest BCUT2D eigenvalue weighted by Crippen LogP contribution is 2.13. The lowest BCUT2D eigenvalue weighted by Gasteiger charge is -2.06. The van der Waals surface area contributed by atoms with Crippen LogP contribution in [0.5, 0.6) is 5.75 Å². The highest BCUT2D eigenvalue weighted by atomic mass is 16.5. The number of ether oxygens (including phenoxy) is 1. The molecule has 0 aromatic heterocycles. The Balaban J connectivity index is 2.13. The molecule has 0 saturated carbocycles. The smallest absolute Gasteiger partial charge is 0.220 e. The largest absolute Gasteiger partial charge is 0.497 e. The van der Waals surface area contributed by atoms with Crippen LogP contribution in [0, 0.1) is 0 Å². The molecule has 0 unspecified atom stereocenters. The molecule has 0 aliphatic rings. The van der Waals surface area contributed by atoms with E-state index in [1.807, 2.05) is 24.3 Å². The van der Waals surface area contributed by atoms with Crippen LogP contribution >= 0.6 is 0 Å². The summed E-state index contributed by atoms with van der Waals surface area (Å²) in [6.07, 6.45) is 2.38. The van der Waals surface area contributed by atoms with Crippen LogP contribution in [-0.4, -0.2) is 32.7 Å². The first kappa shape index (κ1) is 15.5. The molecule has 2 N–H and O–H groups in total. The number of aryl methyl sites for hydroxylation is 1. The van der Waals surface area contributed by atoms with Crippen LogP contribution in [-0.2, 0) is 11.2 Å². The number of hydrogen-bond acceptors (Lipinski definition) is 3. The van der Waals surface area contributed by atoms with Gasteiger partial charge in [0.05, 0.1) is 7.11 Å². The normalized spacial score (nSPS) is 10.2. The van der Waals surface area contributed by atoms with E-state index in [1.165, 1.54) is 5.56 Å². The Bertz CT molecular complexity index is 363. The molecule has 1 aromatic carbocycles. The SMILES string of the molecule is CCNCCNC(=O)CCCc1ccc(OC)cc1. The summed E-state index contributed by atoms with van der Waals surface area (Å²) in [4.78, 5) is 11.5. The molecule has 19 heavy (non-hydrogen) atoms. The quantitative estimate of drug-likeness (QED) is 0.668. The topological polar surface area (TPSA) is 50.4 Å². The molecule has 1 amide bonds. The molecule has 4 nitrogen and oxygen atoms in total. The fourth-order valence-corrected chi connectivity index (χ4v) is 1.80. The van der Waals surface area contributed by atoms with Gasteiger partial charge < -0.3 is 15.4 Å². The molecule has 0 atom stereocenters. The van der Waals surface area contributed by atoms with Gasteiger partial charge in [-0.15, -0.1) is 0 Å². The summed E-state index contributed by atoms with van der Waals surface area (Å²) in [5.41, 5.74) is 1.24. The summed E-state index contributed by atoms with van der Waals surface area (Å²) >= 11 is 0. The van der Waals surface area contributed by atoms with Gasteiger partial charge in [0.15, 0.2) is 0 Å². The molecule has 0 spiro atoms. The number of benzene rings is 1. The van der Waals surface area contributed by atoms with Crippen molar-refractivity contribution in [3.63, 3.8) is 0 Å². The molecule has 0 saturated heterocycles. The molecule has 0 fully saturated rings. The van der Waals surface area contributed by atoms with Gasteiger partial charge in [-0.3, -0.25) is 4.79 Å². The molecular formula is C15H24N2O2.